The molecule has 184 valence electrons. The number of aromatic nitrogens is 9. The average molecular weight is 487 g/mol. The SMILES string of the molecule is O=C(C1CCN(c2ccc(-n3cccn3)nn2)CC1)N1CCN(c2cc(-n3cncn3)ncn2)CC1. The summed E-state index contributed by atoms with van der Waals surface area (Å²) >= 11 is 0. The van der Waals surface area contributed by atoms with Crippen molar-refractivity contribution in [1.82, 2.24) is 49.6 Å². The molecule has 0 atom stereocenters. The van der Waals surface area contributed by atoms with Crippen LogP contribution in [0.3, 0.4) is 0 Å². The zero-order valence-corrected chi connectivity index (χ0v) is 19.7. The largest absolute Gasteiger partial charge is 0.355 e. The Morgan fingerprint density at radius 1 is 0.778 bits per heavy atom. The highest BCUT2D eigenvalue weighted by Crippen LogP contribution is 2.24. The Morgan fingerprint density at radius 3 is 2.22 bits per heavy atom. The molecule has 0 radical (unpaired) electrons. The molecule has 0 spiro atoms. The van der Waals surface area contributed by atoms with Crippen molar-refractivity contribution in [2.24, 2.45) is 5.92 Å². The molecule has 2 saturated heterocycles. The molecule has 0 aromatic carbocycles. The highest BCUT2D eigenvalue weighted by Gasteiger charge is 2.31. The lowest BCUT2D eigenvalue weighted by Gasteiger charge is -2.39. The van der Waals surface area contributed by atoms with E-state index in [1.165, 1.54) is 12.7 Å². The summed E-state index contributed by atoms with van der Waals surface area (Å²) in [7, 11) is 0. The van der Waals surface area contributed by atoms with Crippen LogP contribution in [0.2, 0.25) is 0 Å². The van der Waals surface area contributed by atoms with Gasteiger partial charge in [0.1, 0.15) is 24.8 Å². The predicted octanol–water partition coefficient (Wildman–Crippen LogP) is 0.598. The highest BCUT2D eigenvalue weighted by molar-refractivity contribution is 5.79. The van der Waals surface area contributed by atoms with E-state index < -0.39 is 0 Å². The van der Waals surface area contributed by atoms with Gasteiger partial charge < -0.3 is 14.7 Å². The van der Waals surface area contributed by atoms with Crippen LogP contribution < -0.4 is 9.80 Å². The minimum atomic E-state index is 0.0436. The number of rotatable bonds is 5. The topological polar surface area (TPSA) is 127 Å². The van der Waals surface area contributed by atoms with Crippen LogP contribution in [0.15, 0.2) is 55.6 Å². The Hall–Kier alpha value is -4.42. The fraction of sp³-hybridized carbons (Fsp3) is 0.391. The van der Waals surface area contributed by atoms with Crippen LogP contribution in [-0.4, -0.2) is 94.8 Å². The number of carbonyl (C=O) groups is 1. The maximum atomic E-state index is 13.2. The third-order valence-corrected chi connectivity index (χ3v) is 6.75. The van der Waals surface area contributed by atoms with Crippen molar-refractivity contribution in [3.63, 3.8) is 0 Å². The van der Waals surface area contributed by atoms with Gasteiger partial charge >= 0.3 is 0 Å². The maximum Gasteiger partial charge on any atom is 0.225 e. The minimum absolute atomic E-state index is 0.0436. The Kier molecular flexibility index (Phi) is 5.93. The van der Waals surface area contributed by atoms with Gasteiger partial charge in [-0.3, -0.25) is 4.79 Å². The van der Waals surface area contributed by atoms with Crippen molar-refractivity contribution in [2.75, 3.05) is 49.1 Å². The molecule has 4 aromatic heterocycles. The normalized spacial score (nSPS) is 16.9. The van der Waals surface area contributed by atoms with Gasteiger partial charge in [-0.2, -0.15) is 10.2 Å². The average Bonchev–Trinajstić information content (AvgIpc) is 3.69. The molecule has 36 heavy (non-hydrogen) atoms. The third kappa shape index (κ3) is 4.46. The van der Waals surface area contributed by atoms with E-state index in [-0.39, 0.29) is 11.8 Å². The van der Waals surface area contributed by atoms with E-state index in [2.05, 4.69) is 45.1 Å². The van der Waals surface area contributed by atoms with Crippen LogP contribution in [-0.2, 0) is 4.79 Å². The second-order valence-electron chi connectivity index (χ2n) is 8.85. The number of hydrogen-bond acceptors (Lipinski definition) is 10. The van der Waals surface area contributed by atoms with Gasteiger partial charge in [0.05, 0.1) is 0 Å². The van der Waals surface area contributed by atoms with Crippen LogP contribution in [0.25, 0.3) is 11.6 Å². The summed E-state index contributed by atoms with van der Waals surface area (Å²) in [6.45, 7) is 4.41. The van der Waals surface area contributed by atoms with Crippen molar-refractivity contribution in [3.8, 4) is 11.6 Å². The molecule has 13 nitrogen and oxygen atoms in total. The Labute approximate surface area is 207 Å². The van der Waals surface area contributed by atoms with Gasteiger partial charge in [0, 0.05) is 63.6 Å². The van der Waals surface area contributed by atoms with Crippen molar-refractivity contribution < 1.29 is 4.79 Å². The standard InChI is InChI=1S/C23H26N12O/c36-23(18-4-8-31(9-5-18)19-2-3-20(30-29-19)34-7-1-6-27-34)33-12-10-32(11-13-33)21-14-22(26-16-25-21)35-17-24-15-28-35/h1-3,6-7,14-18H,4-5,8-13H2. The van der Waals surface area contributed by atoms with E-state index in [9.17, 15) is 4.79 Å². The number of anilines is 2. The molecule has 1 amide bonds. The first-order valence-corrected chi connectivity index (χ1v) is 12.0. The molecule has 6 rings (SSSR count). The number of carbonyl (C=O) groups excluding carboxylic acids is 1. The summed E-state index contributed by atoms with van der Waals surface area (Å²) in [5.41, 5.74) is 0. The molecule has 2 fully saturated rings. The second-order valence-corrected chi connectivity index (χ2v) is 8.85. The third-order valence-electron chi connectivity index (χ3n) is 6.75. The molecule has 0 aliphatic carbocycles. The summed E-state index contributed by atoms with van der Waals surface area (Å²) in [4.78, 5) is 32.3. The maximum absolute atomic E-state index is 13.2. The minimum Gasteiger partial charge on any atom is -0.355 e. The first-order valence-electron chi connectivity index (χ1n) is 12.0. The lowest BCUT2D eigenvalue weighted by atomic mass is 9.95. The van der Waals surface area contributed by atoms with Crippen LogP contribution in [0.5, 0.6) is 0 Å². The molecule has 0 N–H and O–H groups in total. The molecule has 13 heteroatoms. The smallest absolute Gasteiger partial charge is 0.225 e. The van der Waals surface area contributed by atoms with Gasteiger partial charge in [-0.25, -0.2) is 24.3 Å². The molecule has 0 saturated carbocycles. The number of hydrogen-bond donors (Lipinski definition) is 0. The number of piperidine rings is 1. The molecule has 2 aliphatic heterocycles. The first-order chi connectivity index (χ1) is 17.7. The van der Waals surface area contributed by atoms with Crippen LogP contribution in [0, 0.1) is 5.92 Å². The summed E-state index contributed by atoms with van der Waals surface area (Å²) in [5.74, 6) is 3.31. The second kappa shape index (κ2) is 9.68. The molecule has 0 unspecified atom stereocenters. The van der Waals surface area contributed by atoms with Crippen molar-refractivity contribution in [3.05, 3.63) is 55.6 Å². The fourth-order valence-corrected chi connectivity index (χ4v) is 4.74. The quantitative estimate of drug-likeness (QED) is 0.396. The van der Waals surface area contributed by atoms with Gasteiger partial charge in [-0.1, -0.05) is 0 Å². The number of nitrogens with zero attached hydrogens (tertiary/aromatic N) is 12. The van der Waals surface area contributed by atoms with Crippen LogP contribution >= 0.6 is 0 Å². The number of piperazine rings is 1. The van der Waals surface area contributed by atoms with E-state index in [4.69, 9.17) is 0 Å². The predicted molar refractivity (Wildman–Crippen MR) is 130 cm³/mol. The summed E-state index contributed by atoms with van der Waals surface area (Å²) in [6, 6.07) is 7.63. The van der Waals surface area contributed by atoms with Crippen LogP contribution in [0.1, 0.15) is 12.8 Å². The van der Waals surface area contributed by atoms with E-state index >= 15 is 0 Å². The Morgan fingerprint density at radius 2 is 1.53 bits per heavy atom. The van der Waals surface area contributed by atoms with Crippen molar-refractivity contribution >= 4 is 17.5 Å². The van der Waals surface area contributed by atoms with E-state index in [1.54, 1.807) is 21.9 Å². The summed E-state index contributed by atoms with van der Waals surface area (Å²) in [6.07, 6.45) is 9.80. The first kappa shape index (κ1) is 22.1. The lowest BCUT2D eigenvalue weighted by molar-refractivity contribution is -0.136. The van der Waals surface area contributed by atoms with Gasteiger partial charge in [0.15, 0.2) is 17.5 Å². The summed E-state index contributed by atoms with van der Waals surface area (Å²) < 4.78 is 3.29. The van der Waals surface area contributed by atoms with Gasteiger partial charge in [0.25, 0.3) is 0 Å². The van der Waals surface area contributed by atoms with Crippen molar-refractivity contribution in [1.29, 1.82) is 0 Å². The molecule has 2 aliphatic rings. The van der Waals surface area contributed by atoms with Crippen LogP contribution in [0.4, 0.5) is 11.6 Å². The molecular formula is C23H26N12O. The van der Waals surface area contributed by atoms with E-state index in [0.717, 1.165) is 50.7 Å². The van der Waals surface area contributed by atoms with E-state index in [0.29, 0.717) is 24.7 Å². The molecule has 6 heterocycles. The fourth-order valence-electron chi connectivity index (χ4n) is 4.74. The lowest BCUT2D eigenvalue weighted by Crippen LogP contribution is -2.52. The van der Waals surface area contributed by atoms with Gasteiger partial charge in [-0.05, 0) is 31.0 Å². The van der Waals surface area contributed by atoms with Gasteiger partial charge in [-0.15, -0.1) is 10.2 Å². The zero-order valence-electron chi connectivity index (χ0n) is 19.7. The summed E-state index contributed by atoms with van der Waals surface area (Å²) in [5, 5.41) is 17.0. The monoisotopic (exact) mass is 486 g/mol. The molecule has 0 bridgehead atoms. The Bertz CT molecular complexity index is 1280. The molecule has 4 aromatic rings. The Balaban J connectivity index is 1.01. The van der Waals surface area contributed by atoms with E-state index in [1.807, 2.05) is 35.4 Å². The number of amides is 1. The molecular weight excluding hydrogens is 460 g/mol. The van der Waals surface area contributed by atoms with Crippen molar-refractivity contribution in [2.45, 2.75) is 12.8 Å². The highest BCUT2D eigenvalue weighted by atomic mass is 16.2. The van der Waals surface area contributed by atoms with Gasteiger partial charge in [0.2, 0.25) is 5.91 Å². The zero-order chi connectivity index (χ0) is 24.3.